The average molecular weight is 347 g/mol. The third-order valence-electron chi connectivity index (χ3n) is 9.74. The summed E-state index contributed by atoms with van der Waals surface area (Å²) in [5, 5.41) is 0. The third kappa shape index (κ3) is 3.21. The van der Waals surface area contributed by atoms with Gasteiger partial charge in [0, 0.05) is 13.7 Å². The lowest BCUT2D eigenvalue weighted by molar-refractivity contribution is -0.0694. The zero-order valence-corrected chi connectivity index (χ0v) is 17.1. The molecule has 0 aliphatic heterocycles. The number of ether oxygens (including phenoxy) is 1. The van der Waals surface area contributed by atoms with Gasteiger partial charge in [0.15, 0.2) is 0 Å². The van der Waals surface area contributed by atoms with Gasteiger partial charge in [-0.25, -0.2) is 0 Å². The molecule has 1 heteroatoms. The fraction of sp³-hybridized carbons (Fsp3) is 1.00. The Labute approximate surface area is 156 Å². The van der Waals surface area contributed by atoms with Crippen LogP contribution in [0, 0.1) is 46.8 Å². The molecular weight excluding hydrogens is 304 g/mol. The van der Waals surface area contributed by atoms with E-state index in [1.54, 1.807) is 44.9 Å². The Morgan fingerprint density at radius 3 is 2.56 bits per heavy atom. The van der Waals surface area contributed by atoms with Crippen LogP contribution < -0.4 is 0 Å². The van der Waals surface area contributed by atoms with Gasteiger partial charge in [-0.05, 0) is 111 Å². The molecule has 4 fully saturated rings. The second kappa shape index (κ2) is 7.53. The van der Waals surface area contributed by atoms with E-state index in [-0.39, 0.29) is 0 Å². The van der Waals surface area contributed by atoms with Gasteiger partial charge in [0.1, 0.15) is 0 Å². The molecule has 4 rings (SSSR count). The van der Waals surface area contributed by atoms with Crippen molar-refractivity contribution in [1.29, 1.82) is 0 Å². The molecule has 0 heterocycles. The van der Waals surface area contributed by atoms with Crippen molar-refractivity contribution < 1.29 is 4.74 Å². The van der Waals surface area contributed by atoms with Crippen LogP contribution in [0.1, 0.15) is 90.9 Å². The molecule has 144 valence electrons. The van der Waals surface area contributed by atoms with Crippen molar-refractivity contribution in [3.63, 3.8) is 0 Å². The highest BCUT2D eigenvalue weighted by Crippen LogP contribution is 2.65. The lowest BCUT2D eigenvalue weighted by Crippen LogP contribution is -2.48. The molecular formula is C24H42O. The molecule has 0 aromatic heterocycles. The first-order chi connectivity index (χ1) is 12.2. The van der Waals surface area contributed by atoms with Gasteiger partial charge in [-0.2, -0.15) is 0 Å². The SMILES string of the molecule is CCC1CCC2C(CCC3C2CCC2(C)C(CCCOC)CCC32)C1. The second-order valence-electron chi connectivity index (χ2n) is 10.5. The van der Waals surface area contributed by atoms with Gasteiger partial charge < -0.3 is 4.74 Å². The molecule has 0 bridgehead atoms. The second-order valence-corrected chi connectivity index (χ2v) is 10.5. The molecule has 8 unspecified atom stereocenters. The number of hydrogen-bond acceptors (Lipinski definition) is 1. The maximum atomic E-state index is 5.33. The summed E-state index contributed by atoms with van der Waals surface area (Å²) < 4.78 is 5.33. The molecule has 4 aliphatic carbocycles. The Bertz CT molecular complexity index is 445. The molecule has 0 N–H and O–H groups in total. The van der Waals surface area contributed by atoms with E-state index in [2.05, 4.69) is 13.8 Å². The van der Waals surface area contributed by atoms with Gasteiger partial charge in [0.25, 0.3) is 0 Å². The van der Waals surface area contributed by atoms with Crippen LogP contribution in [-0.2, 0) is 4.74 Å². The van der Waals surface area contributed by atoms with Crippen molar-refractivity contribution in [2.75, 3.05) is 13.7 Å². The zero-order chi connectivity index (χ0) is 17.4. The van der Waals surface area contributed by atoms with E-state index >= 15 is 0 Å². The summed E-state index contributed by atoms with van der Waals surface area (Å²) in [6.45, 7) is 6.08. The molecule has 0 amide bonds. The van der Waals surface area contributed by atoms with E-state index in [1.807, 2.05) is 7.11 Å². The number of methoxy groups -OCH3 is 1. The Kier molecular flexibility index (Phi) is 5.52. The molecule has 25 heavy (non-hydrogen) atoms. The van der Waals surface area contributed by atoms with Gasteiger partial charge in [0.2, 0.25) is 0 Å². The maximum absolute atomic E-state index is 5.33. The Hall–Kier alpha value is -0.0400. The molecule has 0 saturated heterocycles. The minimum absolute atomic E-state index is 0.669. The smallest absolute Gasteiger partial charge is 0.0462 e. The van der Waals surface area contributed by atoms with Crippen LogP contribution in [0.25, 0.3) is 0 Å². The highest BCUT2D eigenvalue weighted by atomic mass is 16.5. The van der Waals surface area contributed by atoms with Crippen molar-refractivity contribution in [3.05, 3.63) is 0 Å². The minimum Gasteiger partial charge on any atom is -0.385 e. The summed E-state index contributed by atoms with van der Waals surface area (Å²) in [5.74, 6) is 7.51. The van der Waals surface area contributed by atoms with E-state index in [0.717, 1.165) is 48.0 Å². The number of hydrogen-bond donors (Lipinski definition) is 0. The summed E-state index contributed by atoms with van der Waals surface area (Å²) in [5.41, 5.74) is 0.669. The Morgan fingerprint density at radius 1 is 0.920 bits per heavy atom. The van der Waals surface area contributed by atoms with Crippen LogP contribution in [0.5, 0.6) is 0 Å². The van der Waals surface area contributed by atoms with Crippen LogP contribution in [0.15, 0.2) is 0 Å². The lowest BCUT2D eigenvalue weighted by atomic mass is 9.49. The molecule has 1 nitrogen and oxygen atoms in total. The lowest BCUT2D eigenvalue weighted by Gasteiger charge is -2.56. The molecule has 8 atom stereocenters. The van der Waals surface area contributed by atoms with Gasteiger partial charge in [-0.1, -0.05) is 26.7 Å². The largest absolute Gasteiger partial charge is 0.385 e. The predicted octanol–water partition coefficient (Wildman–Crippen LogP) is 6.71. The summed E-state index contributed by atoms with van der Waals surface area (Å²) >= 11 is 0. The molecule has 0 spiro atoms. The molecule has 0 radical (unpaired) electrons. The average Bonchev–Trinajstić information content (AvgIpc) is 2.98. The minimum atomic E-state index is 0.669. The zero-order valence-electron chi connectivity index (χ0n) is 17.1. The molecule has 4 saturated carbocycles. The van der Waals surface area contributed by atoms with Crippen molar-refractivity contribution in [2.24, 2.45) is 46.8 Å². The van der Waals surface area contributed by atoms with E-state index in [0.29, 0.717) is 5.41 Å². The summed E-state index contributed by atoms with van der Waals surface area (Å²) in [6.07, 6.45) is 18.1. The number of rotatable bonds is 5. The summed E-state index contributed by atoms with van der Waals surface area (Å²) in [7, 11) is 1.86. The predicted molar refractivity (Wildman–Crippen MR) is 105 cm³/mol. The van der Waals surface area contributed by atoms with Crippen molar-refractivity contribution in [2.45, 2.75) is 90.9 Å². The first-order valence-electron chi connectivity index (χ1n) is 11.7. The first kappa shape index (κ1) is 18.3. The van der Waals surface area contributed by atoms with Gasteiger partial charge in [0.05, 0.1) is 0 Å². The van der Waals surface area contributed by atoms with Crippen molar-refractivity contribution in [3.8, 4) is 0 Å². The quantitative estimate of drug-likeness (QED) is 0.503. The highest BCUT2D eigenvalue weighted by molar-refractivity contribution is 5.05. The topological polar surface area (TPSA) is 9.23 Å². The normalized spacial score (nSPS) is 49.3. The number of fused-ring (bicyclic) bond motifs is 5. The van der Waals surface area contributed by atoms with E-state index < -0.39 is 0 Å². The fourth-order valence-corrected chi connectivity index (χ4v) is 8.38. The standard InChI is InChI=1S/C24H42O/c1-4-17-7-10-20-18(16-17)8-11-22-21(20)13-14-24(2)19(6-5-15-25-3)9-12-23(22)24/h17-23H,4-16H2,1-3H3. The monoisotopic (exact) mass is 346 g/mol. The Balaban J connectivity index is 1.43. The van der Waals surface area contributed by atoms with Gasteiger partial charge in [-0.15, -0.1) is 0 Å². The van der Waals surface area contributed by atoms with E-state index in [9.17, 15) is 0 Å². The van der Waals surface area contributed by atoms with Crippen LogP contribution >= 0.6 is 0 Å². The van der Waals surface area contributed by atoms with E-state index in [1.165, 1.54) is 32.1 Å². The molecule has 4 aliphatic rings. The summed E-state index contributed by atoms with van der Waals surface area (Å²) in [6, 6.07) is 0. The Morgan fingerprint density at radius 2 is 1.76 bits per heavy atom. The van der Waals surface area contributed by atoms with Crippen LogP contribution in [0.2, 0.25) is 0 Å². The van der Waals surface area contributed by atoms with Crippen LogP contribution in [0.4, 0.5) is 0 Å². The van der Waals surface area contributed by atoms with E-state index in [4.69, 9.17) is 4.74 Å². The third-order valence-corrected chi connectivity index (χ3v) is 9.74. The van der Waals surface area contributed by atoms with Gasteiger partial charge in [-0.3, -0.25) is 0 Å². The van der Waals surface area contributed by atoms with Crippen LogP contribution in [-0.4, -0.2) is 13.7 Å². The van der Waals surface area contributed by atoms with Gasteiger partial charge >= 0.3 is 0 Å². The fourth-order valence-electron chi connectivity index (χ4n) is 8.38. The summed E-state index contributed by atoms with van der Waals surface area (Å²) in [4.78, 5) is 0. The molecule has 0 aromatic carbocycles. The van der Waals surface area contributed by atoms with Crippen molar-refractivity contribution >= 4 is 0 Å². The van der Waals surface area contributed by atoms with Crippen molar-refractivity contribution in [1.82, 2.24) is 0 Å². The first-order valence-corrected chi connectivity index (χ1v) is 11.7. The highest BCUT2D eigenvalue weighted by Gasteiger charge is 2.56. The van der Waals surface area contributed by atoms with Crippen LogP contribution in [0.3, 0.4) is 0 Å². The molecule has 0 aromatic rings. The maximum Gasteiger partial charge on any atom is 0.0462 e.